The van der Waals surface area contributed by atoms with Gasteiger partial charge in [-0.05, 0) is 30.7 Å². The molecule has 0 unspecified atom stereocenters. The van der Waals surface area contributed by atoms with Gasteiger partial charge in [0, 0.05) is 41.7 Å². The molecule has 0 aliphatic rings. The van der Waals surface area contributed by atoms with Gasteiger partial charge < -0.3 is 15.2 Å². The Labute approximate surface area is 166 Å². The van der Waals surface area contributed by atoms with Crippen LogP contribution in [-0.2, 0) is 19.4 Å². The van der Waals surface area contributed by atoms with Crippen molar-refractivity contribution in [3.8, 4) is 11.4 Å². The SMILES string of the molecule is CCc1cnc(CNC(=NC)NCCc2nc(-c3ccc(Cl)cc3)no2)s1. The van der Waals surface area contributed by atoms with Crippen molar-refractivity contribution in [2.75, 3.05) is 13.6 Å². The number of benzene rings is 1. The van der Waals surface area contributed by atoms with E-state index in [9.17, 15) is 0 Å². The highest BCUT2D eigenvalue weighted by Crippen LogP contribution is 2.18. The highest BCUT2D eigenvalue weighted by molar-refractivity contribution is 7.11. The van der Waals surface area contributed by atoms with Crippen LogP contribution in [0.15, 0.2) is 40.0 Å². The van der Waals surface area contributed by atoms with Crippen molar-refractivity contribution in [1.82, 2.24) is 25.8 Å². The standard InChI is InChI=1S/C18H21ClN6OS/c1-3-14-10-22-16(27-14)11-23-18(20-2)21-9-8-15-24-17(25-26-15)12-4-6-13(19)7-5-12/h4-7,10H,3,8-9,11H2,1-2H3,(H2,20,21,23). The Hall–Kier alpha value is -2.45. The number of aryl methyl sites for hydroxylation is 1. The van der Waals surface area contributed by atoms with Crippen molar-refractivity contribution >= 4 is 28.9 Å². The Bertz CT molecular complexity index is 889. The van der Waals surface area contributed by atoms with Gasteiger partial charge in [0.15, 0.2) is 5.96 Å². The molecule has 3 aromatic rings. The van der Waals surface area contributed by atoms with Crippen molar-refractivity contribution in [3.05, 3.63) is 51.3 Å². The van der Waals surface area contributed by atoms with Gasteiger partial charge in [-0.2, -0.15) is 4.98 Å². The first kappa shape index (κ1) is 19.3. The topological polar surface area (TPSA) is 88.2 Å². The third-order valence-corrected chi connectivity index (χ3v) is 5.18. The fourth-order valence-corrected chi connectivity index (χ4v) is 3.26. The third-order valence-electron chi connectivity index (χ3n) is 3.78. The van der Waals surface area contributed by atoms with Gasteiger partial charge in [-0.25, -0.2) is 4.98 Å². The maximum absolute atomic E-state index is 5.90. The lowest BCUT2D eigenvalue weighted by Gasteiger charge is -2.09. The molecule has 0 bridgehead atoms. The lowest BCUT2D eigenvalue weighted by Crippen LogP contribution is -2.37. The molecule has 0 fully saturated rings. The van der Waals surface area contributed by atoms with Crippen molar-refractivity contribution < 1.29 is 4.52 Å². The van der Waals surface area contributed by atoms with Crippen LogP contribution in [0.5, 0.6) is 0 Å². The number of halogens is 1. The summed E-state index contributed by atoms with van der Waals surface area (Å²) < 4.78 is 5.31. The summed E-state index contributed by atoms with van der Waals surface area (Å²) >= 11 is 7.61. The second-order valence-corrected chi connectivity index (χ2v) is 7.33. The summed E-state index contributed by atoms with van der Waals surface area (Å²) in [4.78, 5) is 14.3. The first-order valence-corrected chi connectivity index (χ1v) is 9.84. The molecule has 0 aliphatic heterocycles. The molecule has 0 amide bonds. The van der Waals surface area contributed by atoms with Gasteiger partial charge in [-0.15, -0.1) is 11.3 Å². The van der Waals surface area contributed by atoms with E-state index < -0.39 is 0 Å². The Kier molecular flexibility index (Phi) is 6.78. The molecule has 0 radical (unpaired) electrons. The predicted octanol–water partition coefficient (Wildman–Crippen LogP) is 3.32. The van der Waals surface area contributed by atoms with E-state index in [1.54, 1.807) is 30.5 Å². The number of rotatable bonds is 7. The Morgan fingerprint density at radius 3 is 2.78 bits per heavy atom. The second kappa shape index (κ2) is 9.48. The van der Waals surface area contributed by atoms with Gasteiger partial charge in [-0.3, -0.25) is 4.99 Å². The van der Waals surface area contributed by atoms with Crippen LogP contribution in [0.25, 0.3) is 11.4 Å². The van der Waals surface area contributed by atoms with Crippen LogP contribution in [0.2, 0.25) is 5.02 Å². The molecule has 2 aromatic heterocycles. The zero-order chi connectivity index (χ0) is 19.1. The molecule has 0 saturated carbocycles. The van der Waals surface area contributed by atoms with Crippen LogP contribution >= 0.6 is 22.9 Å². The third kappa shape index (κ3) is 5.51. The van der Waals surface area contributed by atoms with E-state index in [-0.39, 0.29) is 0 Å². The summed E-state index contributed by atoms with van der Waals surface area (Å²) in [6, 6.07) is 7.33. The molecule has 2 heterocycles. The van der Waals surface area contributed by atoms with Crippen LogP contribution < -0.4 is 10.6 Å². The average Bonchev–Trinajstić information content (AvgIpc) is 3.34. The van der Waals surface area contributed by atoms with Gasteiger partial charge in [0.2, 0.25) is 11.7 Å². The molecular formula is C18H21ClN6OS. The summed E-state index contributed by atoms with van der Waals surface area (Å²) in [5, 5.41) is 12.2. The number of aliphatic imine (C=N–C) groups is 1. The lowest BCUT2D eigenvalue weighted by molar-refractivity contribution is 0.378. The summed E-state index contributed by atoms with van der Waals surface area (Å²) in [6.45, 7) is 3.40. The van der Waals surface area contributed by atoms with Crippen molar-refractivity contribution in [2.45, 2.75) is 26.3 Å². The minimum Gasteiger partial charge on any atom is -0.356 e. The van der Waals surface area contributed by atoms with E-state index in [1.807, 2.05) is 18.3 Å². The predicted molar refractivity (Wildman–Crippen MR) is 108 cm³/mol. The normalized spacial score (nSPS) is 11.6. The van der Waals surface area contributed by atoms with Crippen LogP contribution in [-0.4, -0.2) is 34.7 Å². The summed E-state index contributed by atoms with van der Waals surface area (Å²) in [5.41, 5.74) is 0.870. The van der Waals surface area contributed by atoms with Crippen molar-refractivity contribution in [1.29, 1.82) is 0 Å². The minimum atomic E-state index is 0.555. The zero-order valence-electron chi connectivity index (χ0n) is 15.2. The highest BCUT2D eigenvalue weighted by Gasteiger charge is 2.09. The largest absolute Gasteiger partial charge is 0.356 e. The minimum absolute atomic E-state index is 0.555. The number of hydrogen-bond donors (Lipinski definition) is 2. The van der Waals surface area contributed by atoms with Gasteiger partial charge in [0.05, 0.1) is 6.54 Å². The van der Waals surface area contributed by atoms with E-state index >= 15 is 0 Å². The monoisotopic (exact) mass is 404 g/mol. The van der Waals surface area contributed by atoms with E-state index in [0.717, 1.165) is 17.0 Å². The molecule has 3 rings (SSSR count). The molecule has 0 atom stereocenters. The smallest absolute Gasteiger partial charge is 0.228 e. The Balaban J connectivity index is 1.46. The molecule has 7 nitrogen and oxygen atoms in total. The van der Waals surface area contributed by atoms with E-state index in [0.29, 0.717) is 42.2 Å². The van der Waals surface area contributed by atoms with E-state index in [2.05, 4.69) is 37.7 Å². The quantitative estimate of drug-likeness (QED) is 0.464. The van der Waals surface area contributed by atoms with Gasteiger partial charge in [0.1, 0.15) is 5.01 Å². The molecule has 1 aromatic carbocycles. The van der Waals surface area contributed by atoms with Gasteiger partial charge >= 0.3 is 0 Å². The molecular weight excluding hydrogens is 384 g/mol. The van der Waals surface area contributed by atoms with E-state index in [4.69, 9.17) is 16.1 Å². The zero-order valence-corrected chi connectivity index (χ0v) is 16.8. The van der Waals surface area contributed by atoms with Gasteiger partial charge in [0.25, 0.3) is 0 Å². The second-order valence-electron chi connectivity index (χ2n) is 5.70. The number of nitrogens with zero attached hydrogens (tertiary/aromatic N) is 4. The molecule has 142 valence electrons. The molecule has 0 saturated heterocycles. The van der Waals surface area contributed by atoms with Crippen molar-refractivity contribution in [2.24, 2.45) is 4.99 Å². The fraction of sp³-hybridized carbons (Fsp3) is 0.333. The Morgan fingerprint density at radius 2 is 2.07 bits per heavy atom. The number of hydrogen-bond acceptors (Lipinski definition) is 6. The first-order chi connectivity index (χ1) is 13.2. The number of nitrogens with one attached hydrogen (secondary N) is 2. The lowest BCUT2D eigenvalue weighted by atomic mass is 10.2. The number of guanidine groups is 1. The van der Waals surface area contributed by atoms with Crippen LogP contribution in [0.4, 0.5) is 0 Å². The van der Waals surface area contributed by atoms with E-state index in [1.165, 1.54) is 4.88 Å². The Morgan fingerprint density at radius 1 is 1.26 bits per heavy atom. The summed E-state index contributed by atoms with van der Waals surface area (Å²) in [5.74, 6) is 1.83. The molecule has 0 spiro atoms. The first-order valence-electron chi connectivity index (χ1n) is 8.64. The molecule has 27 heavy (non-hydrogen) atoms. The van der Waals surface area contributed by atoms with Crippen molar-refractivity contribution in [3.63, 3.8) is 0 Å². The molecule has 0 aliphatic carbocycles. The molecule has 2 N–H and O–H groups in total. The van der Waals surface area contributed by atoms with Crippen LogP contribution in [0, 0.1) is 0 Å². The average molecular weight is 405 g/mol. The summed E-state index contributed by atoms with van der Waals surface area (Å²) in [6.07, 6.45) is 3.52. The fourth-order valence-electron chi connectivity index (χ4n) is 2.33. The maximum Gasteiger partial charge on any atom is 0.228 e. The molecule has 9 heteroatoms. The van der Waals surface area contributed by atoms with Crippen LogP contribution in [0.1, 0.15) is 22.7 Å². The number of aromatic nitrogens is 3. The number of thiazole rings is 1. The van der Waals surface area contributed by atoms with Gasteiger partial charge in [-0.1, -0.05) is 23.7 Å². The summed E-state index contributed by atoms with van der Waals surface area (Å²) in [7, 11) is 1.74. The highest BCUT2D eigenvalue weighted by atomic mass is 35.5. The maximum atomic E-state index is 5.90. The van der Waals surface area contributed by atoms with Crippen LogP contribution in [0.3, 0.4) is 0 Å².